The largest absolute Gasteiger partial charge is 0.322 e. The van der Waals surface area contributed by atoms with Crippen LogP contribution in [-0.2, 0) is 9.59 Å². The number of anilines is 2. The van der Waals surface area contributed by atoms with E-state index in [9.17, 15) is 18.4 Å². The molecule has 0 fully saturated rings. The molecule has 0 aliphatic heterocycles. The lowest BCUT2D eigenvalue weighted by Crippen LogP contribution is -2.09. The van der Waals surface area contributed by atoms with Gasteiger partial charge in [0.05, 0.1) is 0 Å². The lowest BCUT2D eigenvalue weighted by molar-refractivity contribution is -0.112. The van der Waals surface area contributed by atoms with Crippen molar-refractivity contribution in [1.82, 2.24) is 0 Å². The summed E-state index contributed by atoms with van der Waals surface area (Å²) >= 11 is 0. The number of nitrogens with one attached hydrogen (secondary N) is 2. The van der Waals surface area contributed by atoms with E-state index in [2.05, 4.69) is 10.6 Å². The molecule has 0 atom stereocenters. The second kappa shape index (κ2) is 11.9. The van der Waals surface area contributed by atoms with Gasteiger partial charge in [-0.15, -0.1) is 0 Å². The van der Waals surface area contributed by atoms with Crippen molar-refractivity contribution >= 4 is 35.3 Å². The van der Waals surface area contributed by atoms with Gasteiger partial charge in [0.2, 0.25) is 11.8 Å². The summed E-state index contributed by atoms with van der Waals surface area (Å²) in [5, 5.41) is 5.73. The minimum Gasteiger partial charge on any atom is -0.322 e. The first-order chi connectivity index (χ1) is 18.3. The maximum Gasteiger partial charge on any atom is 0.248 e. The molecule has 38 heavy (non-hydrogen) atoms. The topological polar surface area (TPSA) is 58.2 Å². The minimum atomic E-state index is -0.326. The van der Waals surface area contributed by atoms with Crippen molar-refractivity contribution in [2.24, 2.45) is 0 Å². The highest BCUT2D eigenvalue weighted by Gasteiger charge is 2.08. The monoisotopic (exact) mass is 508 g/mol. The van der Waals surface area contributed by atoms with Crippen molar-refractivity contribution in [2.45, 2.75) is 13.8 Å². The quantitative estimate of drug-likeness (QED) is 0.253. The number of halogens is 2. The van der Waals surface area contributed by atoms with Crippen molar-refractivity contribution < 1.29 is 18.4 Å². The van der Waals surface area contributed by atoms with Gasteiger partial charge in [0.25, 0.3) is 0 Å². The van der Waals surface area contributed by atoms with E-state index in [0.717, 1.165) is 33.4 Å². The molecular weight excluding hydrogens is 482 g/mol. The summed E-state index contributed by atoms with van der Waals surface area (Å²) in [7, 11) is 0. The Bertz CT molecular complexity index is 1410. The van der Waals surface area contributed by atoms with Crippen LogP contribution < -0.4 is 10.6 Å². The van der Waals surface area contributed by atoms with Crippen LogP contribution in [0.2, 0.25) is 0 Å². The highest BCUT2D eigenvalue weighted by Crippen LogP contribution is 2.28. The smallest absolute Gasteiger partial charge is 0.248 e. The van der Waals surface area contributed by atoms with Crippen LogP contribution in [0.25, 0.3) is 23.3 Å². The molecule has 190 valence electrons. The van der Waals surface area contributed by atoms with E-state index in [4.69, 9.17) is 0 Å². The second-order valence-electron chi connectivity index (χ2n) is 8.81. The van der Waals surface area contributed by atoms with Gasteiger partial charge in [0, 0.05) is 23.5 Å². The molecule has 4 rings (SSSR count). The van der Waals surface area contributed by atoms with Crippen molar-refractivity contribution in [2.75, 3.05) is 10.6 Å². The summed E-state index contributed by atoms with van der Waals surface area (Å²) in [6.45, 7) is 3.83. The van der Waals surface area contributed by atoms with Crippen molar-refractivity contribution in [3.8, 4) is 11.1 Å². The number of hydrogen-bond donors (Lipinski definition) is 2. The van der Waals surface area contributed by atoms with Gasteiger partial charge in [0.15, 0.2) is 0 Å². The zero-order chi connectivity index (χ0) is 27.1. The highest BCUT2D eigenvalue weighted by molar-refractivity contribution is 6.03. The third-order valence-electron chi connectivity index (χ3n) is 5.90. The SMILES string of the molecule is Cc1cc(-c2ccc(NC(=O)/C=C/c3ccc(F)cc3)c(C)c2)ccc1NC(=O)/C=C/c1ccc(F)cc1. The third-order valence-corrected chi connectivity index (χ3v) is 5.90. The van der Waals surface area contributed by atoms with E-state index in [1.54, 1.807) is 36.4 Å². The lowest BCUT2D eigenvalue weighted by atomic mass is 10.00. The summed E-state index contributed by atoms with van der Waals surface area (Å²) in [5.74, 6) is -1.22. The maximum absolute atomic E-state index is 13.0. The van der Waals surface area contributed by atoms with Gasteiger partial charge in [-0.05, 0) is 108 Å². The highest BCUT2D eigenvalue weighted by atomic mass is 19.1. The molecule has 0 bridgehead atoms. The molecule has 0 spiro atoms. The Labute approximate surface area is 220 Å². The van der Waals surface area contributed by atoms with Crippen LogP contribution in [0.4, 0.5) is 20.2 Å². The molecule has 0 saturated heterocycles. The van der Waals surface area contributed by atoms with Gasteiger partial charge >= 0.3 is 0 Å². The molecule has 0 saturated carbocycles. The van der Waals surface area contributed by atoms with Gasteiger partial charge in [-0.2, -0.15) is 0 Å². The number of benzene rings is 4. The lowest BCUT2D eigenvalue weighted by Gasteiger charge is -2.12. The van der Waals surface area contributed by atoms with E-state index in [-0.39, 0.29) is 23.4 Å². The molecular formula is C32H26F2N2O2. The number of hydrogen-bond acceptors (Lipinski definition) is 2. The van der Waals surface area contributed by atoms with Crippen LogP contribution in [0.5, 0.6) is 0 Å². The summed E-state index contributed by atoms with van der Waals surface area (Å²) in [5.41, 5.74) is 6.57. The van der Waals surface area contributed by atoms with E-state index in [1.807, 2.05) is 50.2 Å². The molecule has 0 unspecified atom stereocenters. The van der Waals surface area contributed by atoms with Crippen LogP contribution in [0.3, 0.4) is 0 Å². The molecule has 4 aromatic rings. The number of carbonyl (C=O) groups is 2. The van der Waals surface area contributed by atoms with E-state index >= 15 is 0 Å². The number of amides is 2. The van der Waals surface area contributed by atoms with Gasteiger partial charge in [0.1, 0.15) is 11.6 Å². The van der Waals surface area contributed by atoms with Crippen molar-refractivity contribution in [3.63, 3.8) is 0 Å². The molecule has 6 heteroatoms. The minimum absolute atomic E-state index is 0.283. The average molecular weight is 509 g/mol. The maximum atomic E-state index is 13.0. The Hall–Kier alpha value is -4.84. The van der Waals surface area contributed by atoms with E-state index in [0.29, 0.717) is 11.4 Å². The zero-order valence-electron chi connectivity index (χ0n) is 21.0. The van der Waals surface area contributed by atoms with Crippen molar-refractivity contribution in [1.29, 1.82) is 0 Å². The predicted molar refractivity (Wildman–Crippen MR) is 149 cm³/mol. The normalized spacial score (nSPS) is 11.2. The first-order valence-electron chi connectivity index (χ1n) is 12.0. The Kier molecular flexibility index (Phi) is 8.23. The second-order valence-corrected chi connectivity index (χ2v) is 8.81. The summed E-state index contributed by atoms with van der Waals surface area (Å²) < 4.78 is 26.0. The molecule has 0 aliphatic carbocycles. The van der Waals surface area contributed by atoms with Gasteiger partial charge in [-0.25, -0.2) is 8.78 Å². The predicted octanol–water partition coefficient (Wildman–Crippen LogP) is 7.55. The van der Waals surface area contributed by atoms with Crippen LogP contribution in [-0.4, -0.2) is 11.8 Å². The number of rotatable bonds is 7. The molecule has 2 amide bonds. The zero-order valence-corrected chi connectivity index (χ0v) is 21.0. The van der Waals surface area contributed by atoms with Gasteiger partial charge < -0.3 is 10.6 Å². The first-order valence-corrected chi connectivity index (χ1v) is 12.0. The molecule has 0 aromatic heterocycles. The van der Waals surface area contributed by atoms with Gasteiger partial charge in [-0.1, -0.05) is 36.4 Å². The van der Waals surface area contributed by atoms with E-state index < -0.39 is 0 Å². The molecule has 0 aliphatic rings. The summed E-state index contributed by atoms with van der Waals surface area (Å²) in [6, 6.07) is 23.3. The van der Waals surface area contributed by atoms with Crippen LogP contribution in [0.15, 0.2) is 97.1 Å². The fraction of sp³-hybridized carbons (Fsp3) is 0.0625. The Morgan fingerprint density at radius 1 is 0.579 bits per heavy atom. The van der Waals surface area contributed by atoms with E-state index in [1.165, 1.54) is 36.4 Å². The fourth-order valence-electron chi connectivity index (χ4n) is 3.81. The number of aryl methyl sites for hydroxylation is 2. The summed E-state index contributed by atoms with van der Waals surface area (Å²) in [4.78, 5) is 24.7. The van der Waals surface area contributed by atoms with Crippen LogP contribution >= 0.6 is 0 Å². The number of carbonyl (C=O) groups excluding carboxylic acids is 2. The molecule has 0 heterocycles. The fourth-order valence-corrected chi connectivity index (χ4v) is 3.81. The first kappa shape index (κ1) is 26.2. The van der Waals surface area contributed by atoms with Gasteiger partial charge in [-0.3, -0.25) is 9.59 Å². The van der Waals surface area contributed by atoms with Crippen LogP contribution in [0, 0.1) is 25.5 Å². The van der Waals surface area contributed by atoms with Crippen molar-refractivity contribution in [3.05, 3.63) is 131 Å². The molecule has 0 radical (unpaired) electrons. The molecule has 4 nitrogen and oxygen atoms in total. The Morgan fingerprint density at radius 3 is 1.29 bits per heavy atom. The summed E-state index contributed by atoms with van der Waals surface area (Å²) in [6.07, 6.45) is 6.07. The Balaban J connectivity index is 1.39. The molecule has 2 N–H and O–H groups in total. The molecule has 4 aromatic carbocycles. The Morgan fingerprint density at radius 2 is 0.947 bits per heavy atom. The van der Waals surface area contributed by atoms with Crippen LogP contribution in [0.1, 0.15) is 22.3 Å². The third kappa shape index (κ3) is 7.11. The standard InChI is InChI=1S/C32H26F2N2O2/c1-21-19-25(9-15-29(21)35-31(37)17-7-23-3-11-27(33)12-4-23)26-10-16-30(22(2)20-26)36-32(38)18-8-24-5-13-28(34)14-6-24/h3-20H,1-2H3,(H,35,37)(H,36,38)/b17-7+,18-8+. The average Bonchev–Trinajstić information content (AvgIpc) is 2.90.